The predicted molar refractivity (Wildman–Crippen MR) is 98.1 cm³/mol. The second kappa shape index (κ2) is 6.26. The van der Waals surface area contributed by atoms with Gasteiger partial charge in [0.25, 0.3) is 0 Å². The molecule has 1 saturated heterocycles. The Balaban J connectivity index is 1.48. The van der Waals surface area contributed by atoms with Gasteiger partial charge >= 0.3 is 5.97 Å². The Morgan fingerprint density at radius 2 is 1.54 bits per heavy atom. The smallest absolute Gasteiger partial charge is 0.346 e. The molecule has 5 nitrogen and oxygen atoms in total. The molecule has 142 valence electrons. The highest BCUT2D eigenvalue weighted by Crippen LogP contribution is 2.57. The molecule has 4 atom stereocenters. The van der Waals surface area contributed by atoms with Crippen molar-refractivity contribution >= 4 is 23.5 Å². The van der Waals surface area contributed by atoms with Crippen molar-refractivity contribution in [3.05, 3.63) is 59.9 Å². The van der Waals surface area contributed by atoms with E-state index in [2.05, 4.69) is 0 Å². The molecule has 0 spiro atoms. The fourth-order valence-corrected chi connectivity index (χ4v) is 5.16. The zero-order chi connectivity index (χ0) is 19.4. The van der Waals surface area contributed by atoms with Crippen LogP contribution in [-0.4, -0.2) is 17.8 Å². The van der Waals surface area contributed by atoms with E-state index in [1.54, 1.807) is 18.2 Å². The summed E-state index contributed by atoms with van der Waals surface area (Å²) in [5.74, 6) is -1.90. The molecule has 0 unspecified atom stereocenters. The van der Waals surface area contributed by atoms with Crippen LogP contribution in [0.1, 0.15) is 29.6 Å². The quantitative estimate of drug-likeness (QED) is 0.465. The van der Waals surface area contributed by atoms with Gasteiger partial charge in [0.2, 0.25) is 11.8 Å². The van der Waals surface area contributed by atoms with Crippen molar-refractivity contribution in [2.45, 2.75) is 19.3 Å². The van der Waals surface area contributed by atoms with Gasteiger partial charge in [-0.1, -0.05) is 24.3 Å². The molecule has 2 saturated carbocycles. The van der Waals surface area contributed by atoms with Crippen LogP contribution in [0, 0.1) is 29.5 Å². The van der Waals surface area contributed by atoms with E-state index in [-0.39, 0.29) is 52.5 Å². The average molecular weight is 379 g/mol. The average Bonchev–Trinajstić information content (AvgIpc) is 3.37. The number of anilines is 1. The summed E-state index contributed by atoms with van der Waals surface area (Å²) < 4.78 is 19.3. The van der Waals surface area contributed by atoms with E-state index in [0.717, 1.165) is 19.3 Å². The lowest BCUT2D eigenvalue weighted by molar-refractivity contribution is -0.123. The summed E-state index contributed by atoms with van der Waals surface area (Å²) in [6.45, 7) is 0. The molecule has 0 aromatic heterocycles. The highest BCUT2D eigenvalue weighted by molar-refractivity contribution is 6.23. The molecule has 2 bridgehead atoms. The Bertz CT molecular complexity index is 976. The van der Waals surface area contributed by atoms with Crippen molar-refractivity contribution in [1.82, 2.24) is 0 Å². The minimum atomic E-state index is -0.870. The molecule has 1 aliphatic heterocycles. The molecule has 3 aliphatic rings. The third kappa shape index (κ3) is 2.40. The molecule has 2 aromatic rings. The molecule has 6 heteroatoms. The maximum atomic E-state index is 13.9. The fraction of sp³-hybridized carbons (Fsp3) is 0.318. The lowest BCUT2D eigenvalue weighted by Crippen LogP contribution is -2.33. The number of hydrogen-bond acceptors (Lipinski definition) is 4. The van der Waals surface area contributed by atoms with Gasteiger partial charge in [-0.2, -0.15) is 0 Å². The second-order valence-corrected chi connectivity index (χ2v) is 7.73. The maximum Gasteiger partial charge on any atom is 0.346 e. The van der Waals surface area contributed by atoms with Gasteiger partial charge in [-0.05, 0) is 55.4 Å². The summed E-state index contributed by atoms with van der Waals surface area (Å²) in [7, 11) is 0. The molecule has 0 radical (unpaired) electrons. The molecule has 0 N–H and O–H groups in total. The molecule has 2 aromatic carbocycles. The predicted octanol–water partition coefficient (Wildman–Crippen LogP) is 3.58. The number of nitrogens with zero attached hydrogens (tertiary/aromatic N) is 1. The van der Waals surface area contributed by atoms with E-state index >= 15 is 0 Å². The van der Waals surface area contributed by atoms with Crippen LogP contribution in [0.3, 0.4) is 0 Å². The summed E-state index contributed by atoms with van der Waals surface area (Å²) in [5, 5.41) is 0. The number of hydrogen-bond donors (Lipinski definition) is 0. The Hall–Kier alpha value is -3.02. The SMILES string of the molecule is O=C(Oc1ccccc1N1C(=O)[C@H]2[C@H]3CC[C@@H](C3)[C@@H]2C1=O)c1ccccc1F. The maximum absolute atomic E-state index is 13.9. The summed E-state index contributed by atoms with van der Waals surface area (Å²) in [4.78, 5) is 39.7. The molecule has 2 aliphatic carbocycles. The van der Waals surface area contributed by atoms with Crippen LogP contribution in [-0.2, 0) is 9.59 Å². The number of halogens is 1. The van der Waals surface area contributed by atoms with Gasteiger partial charge in [-0.15, -0.1) is 0 Å². The largest absolute Gasteiger partial charge is 0.421 e. The number of imide groups is 1. The van der Waals surface area contributed by atoms with Crippen LogP contribution in [0.25, 0.3) is 0 Å². The number of ether oxygens (including phenoxy) is 1. The number of rotatable bonds is 3. The van der Waals surface area contributed by atoms with Gasteiger partial charge < -0.3 is 4.74 Å². The topological polar surface area (TPSA) is 63.7 Å². The first-order valence-corrected chi connectivity index (χ1v) is 9.50. The van der Waals surface area contributed by atoms with Crippen LogP contribution in [0.15, 0.2) is 48.5 Å². The van der Waals surface area contributed by atoms with Gasteiger partial charge in [0.1, 0.15) is 5.82 Å². The minimum absolute atomic E-state index is 0.0739. The van der Waals surface area contributed by atoms with Crippen LogP contribution < -0.4 is 9.64 Å². The summed E-state index contributed by atoms with van der Waals surface area (Å²) in [5.41, 5.74) is 0.0438. The molecule has 3 fully saturated rings. The van der Waals surface area contributed by atoms with E-state index in [1.165, 1.54) is 35.2 Å². The number of para-hydroxylation sites is 2. The van der Waals surface area contributed by atoms with Crippen LogP contribution in [0.2, 0.25) is 0 Å². The van der Waals surface area contributed by atoms with Crippen molar-refractivity contribution in [1.29, 1.82) is 0 Å². The zero-order valence-corrected chi connectivity index (χ0v) is 15.0. The normalized spacial score (nSPS) is 28.0. The third-order valence-electron chi connectivity index (χ3n) is 6.33. The van der Waals surface area contributed by atoms with Crippen LogP contribution in [0.5, 0.6) is 5.75 Å². The van der Waals surface area contributed by atoms with E-state index in [9.17, 15) is 18.8 Å². The third-order valence-corrected chi connectivity index (χ3v) is 6.33. The van der Waals surface area contributed by atoms with E-state index in [0.29, 0.717) is 0 Å². The highest BCUT2D eigenvalue weighted by Gasteiger charge is 2.61. The first-order chi connectivity index (χ1) is 13.6. The molecular weight excluding hydrogens is 361 g/mol. The molecule has 1 heterocycles. The zero-order valence-electron chi connectivity index (χ0n) is 15.0. The number of fused-ring (bicyclic) bond motifs is 5. The number of carbonyl (C=O) groups is 3. The lowest BCUT2D eigenvalue weighted by atomic mass is 9.81. The van der Waals surface area contributed by atoms with Crippen LogP contribution in [0.4, 0.5) is 10.1 Å². The fourth-order valence-electron chi connectivity index (χ4n) is 5.16. The highest BCUT2D eigenvalue weighted by atomic mass is 19.1. The van der Waals surface area contributed by atoms with Crippen LogP contribution >= 0.6 is 0 Å². The summed E-state index contributed by atoms with van der Waals surface area (Å²) in [6, 6.07) is 11.9. The van der Waals surface area contributed by atoms with Crippen molar-refractivity contribution < 1.29 is 23.5 Å². The monoisotopic (exact) mass is 379 g/mol. The van der Waals surface area contributed by atoms with Crippen molar-refractivity contribution in [3.8, 4) is 5.75 Å². The van der Waals surface area contributed by atoms with Crippen molar-refractivity contribution in [2.75, 3.05) is 4.90 Å². The van der Waals surface area contributed by atoms with E-state index < -0.39 is 11.8 Å². The number of amides is 2. The number of benzene rings is 2. The van der Waals surface area contributed by atoms with Crippen molar-refractivity contribution in [3.63, 3.8) is 0 Å². The van der Waals surface area contributed by atoms with E-state index in [4.69, 9.17) is 4.74 Å². The first kappa shape index (κ1) is 17.1. The molecular formula is C22H18FNO4. The number of esters is 1. The Kier molecular flexibility index (Phi) is 3.82. The lowest BCUT2D eigenvalue weighted by Gasteiger charge is -2.20. The summed E-state index contributed by atoms with van der Waals surface area (Å²) >= 11 is 0. The standard InChI is InChI=1S/C22H18FNO4/c23-15-6-2-1-5-14(15)22(27)28-17-8-4-3-7-16(17)24-20(25)18-12-9-10-13(11-12)19(18)21(24)26/h1-8,12-13,18-19H,9-11H2/t12-,13-,18-,19-/m0/s1. The van der Waals surface area contributed by atoms with Gasteiger partial charge in [-0.3, -0.25) is 9.59 Å². The molecule has 2 amide bonds. The van der Waals surface area contributed by atoms with Gasteiger partial charge in [0.05, 0.1) is 23.1 Å². The second-order valence-electron chi connectivity index (χ2n) is 7.73. The first-order valence-electron chi connectivity index (χ1n) is 9.50. The van der Waals surface area contributed by atoms with Gasteiger partial charge in [-0.25, -0.2) is 14.1 Å². The van der Waals surface area contributed by atoms with Gasteiger partial charge in [0, 0.05) is 0 Å². The Morgan fingerprint density at radius 3 is 2.21 bits per heavy atom. The van der Waals surface area contributed by atoms with Crippen molar-refractivity contribution in [2.24, 2.45) is 23.7 Å². The Morgan fingerprint density at radius 1 is 0.929 bits per heavy atom. The number of carbonyl (C=O) groups excluding carboxylic acids is 3. The minimum Gasteiger partial charge on any atom is -0.421 e. The molecule has 5 rings (SSSR count). The molecule has 28 heavy (non-hydrogen) atoms. The van der Waals surface area contributed by atoms with Gasteiger partial charge in [0.15, 0.2) is 5.75 Å². The Labute approximate surface area is 161 Å². The van der Waals surface area contributed by atoms with E-state index in [1.807, 2.05) is 0 Å². The summed E-state index contributed by atoms with van der Waals surface area (Å²) in [6.07, 6.45) is 2.93.